The SMILES string of the molecule is CCC(I)C(=O)OC(C)(CC)C1CC2CCC1C2. The Morgan fingerprint density at radius 1 is 1.39 bits per heavy atom. The molecule has 0 aromatic rings. The zero-order valence-electron chi connectivity index (χ0n) is 11.7. The highest BCUT2D eigenvalue weighted by Gasteiger charge is 2.49. The maximum atomic E-state index is 12.1. The zero-order chi connectivity index (χ0) is 13.3. The van der Waals surface area contributed by atoms with Crippen LogP contribution in [0.4, 0.5) is 0 Å². The fourth-order valence-corrected chi connectivity index (χ4v) is 3.99. The summed E-state index contributed by atoms with van der Waals surface area (Å²) in [7, 11) is 0. The number of rotatable bonds is 5. The molecule has 2 fully saturated rings. The summed E-state index contributed by atoms with van der Waals surface area (Å²) in [5.74, 6) is 2.31. The molecule has 0 aromatic heterocycles. The highest BCUT2D eigenvalue weighted by Crippen LogP contribution is 2.53. The summed E-state index contributed by atoms with van der Waals surface area (Å²) in [6, 6.07) is 0. The molecule has 3 heteroatoms. The maximum Gasteiger partial charge on any atom is 0.319 e. The first-order valence-corrected chi connectivity index (χ1v) is 8.61. The van der Waals surface area contributed by atoms with Crippen molar-refractivity contribution in [1.29, 1.82) is 0 Å². The van der Waals surface area contributed by atoms with E-state index in [-0.39, 0.29) is 15.5 Å². The molecular weight excluding hydrogens is 339 g/mol. The van der Waals surface area contributed by atoms with Gasteiger partial charge in [-0.25, -0.2) is 0 Å². The predicted octanol–water partition coefficient (Wildman–Crippen LogP) is 4.35. The lowest BCUT2D eigenvalue weighted by molar-refractivity contribution is -0.166. The molecular formula is C15H25IO2. The standard InChI is InChI=1S/C15H25IO2/c1-4-13(16)14(17)18-15(3,5-2)12-9-10-6-7-11(12)8-10/h10-13H,4-9H2,1-3H3. The molecule has 2 nitrogen and oxygen atoms in total. The van der Waals surface area contributed by atoms with Gasteiger partial charge in [-0.3, -0.25) is 4.79 Å². The van der Waals surface area contributed by atoms with Crippen molar-refractivity contribution < 1.29 is 9.53 Å². The molecule has 2 saturated carbocycles. The minimum Gasteiger partial charge on any atom is -0.458 e. The van der Waals surface area contributed by atoms with Gasteiger partial charge in [-0.05, 0) is 50.9 Å². The van der Waals surface area contributed by atoms with E-state index in [9.17, 15) is 4.79 Å². The van der Waals surface area contributed by atoms with Crippen LogP contribution in [0.1, 0.15) is 59.3 Å². The number of hydrogen-bond donors (Lipinski definition) is 0. The molecule has 2 aliphatic rings. The number of carbonyl (C=O) groups excluding carboxylic acids is 1. The van der Waals surface area contributed by atoms with Crippen molar-refractivity contribution >= 4 is 28.6 Å². The van der Waals surface area contributed by atoms with Crippen molar-refractivity contribution in [3.63, 3.8) is 0 Å². The summed E-state index contributed by atoms with van der Waals surface area (Å²) < 4.78 is 5.94. The largest absolute Gasteiger partial charge is 0.458 e. The average molecular weight is 364 g/mol. The Labute approximate surface area is 124 Å². The second-order valence-corrected chi connectivity index (χ2v) is 7.75. The fraction of sp³-hybridized carbons (Fsp3) is 0.933. The van der Waals surface area contributed by atoms with Crippen LogP contribution in [-0.2, 0) is 9.53 Å². The van der Waals surface area contributed by atoms with Gasteiger partial charge < -0.3 is 4.74 Å². The van der Waals surface area contributed by atoms with E-state index in [1.165, 1.54) is 25.7 Å². The van der Waals surface area contributed by atoms with Crippen LogP contribution in [0.2, 0.25) is 0 Å². The van der Waals surface area contributed by atoms with Crippen LogP contribution in [-0.4, -0.2) is 15.5 Å². The Morgan fingerprint density at radius 2 is 2.11 bits per heavy atom. The lowest BCUT2D eigenvalue weighted by Gasteiger charge is -2.39. The van der Waals surface area contributed by atoms with E-state index in [2.05, 4.69) is 36.4 Å². The second-order valence-electron chi connectivity index (χ2n) is 6.24. The monoisotopic (exact) mass is 364 g/mol. The molecule has 0 heterocycles. The van der Waals surface area contributed by atoms with E-state index in [4.69, 9.17) is 4.74 Å². The van der Waals surface area contributed by atoms with E-state index in [1.54, 1.807) is 0 Å². The van der Waals surface area contributed by atoms with E-state index < -0.39 is 0 Å². The number of fused-ring (bicyclic) bond motifs is 2. The summed E-state index contributed by atoms with van der Waals surface area (Å²) in [5, 5.41) is 0. The quantitative estimate of drug-likeness (QED) is 0.412. The van der Waals surface area contributed by atoms with Crippen LogP contribution >= 0.6 is 22.6 Å². The fourth-order valence-electron chi connectivity index (χ4n) is 3.86. The number of esters is 1. The van der Waals surface area contributed by atoms with Gasteiger partial charge in [-0.15, -0.1) is 0 Å². The highest BCUT2D eigenvalue weighted by atomic mass is 127. The van der Waals surface area contributed by atoms with Gasteiger partial charge >= 0.3 is 5.97 Å². The third-order valence-corrected chi connectivity index (χ3v) is 6.56. The Kier molecular flexibility index (Phi) is 4.61. The van der Waals surface area contributed by atoms with Crippen LogP contribution in [0, 0.1) is 17.8 Å². The second kappa shape index (κ2) is 5.68. The summed E-state index contributed by atoms with van der Waals surface area (Å²) in [6.07, 6.45) is 7.21. The van der Waals surface area contributed by atoms with Gasteiger partial charge in [0.1, 0.15) is 9.53 Å². The van der Waals surface area contributed by atoms with Gasteiger partial charge in [0.05, 0.1) is 0 Å². The molecule has 2 bridgehead atoms. The normalized spacial score (nSPS) is 35.2. The highest BCUT2D eigenvalue weighted by molar-refractivity contribution is 14.1. The third-order valence-electron chi connectivity index (χ3n) is 5.17. The first kappa shape index (κ1) is 14.6. The minimum absolute atomic E-state index is 0.00654. The molecule has 0 N–H and O–H groups in total. The van der Waals surface area contributed by atoms with Gasteiger partial charge in [0.2, 0.25) is 0 Å². The van der Waals surface area contributed by atoms with Crippen molar-refractivity contribution in [2.75, 3.05) is 0 Å². The molecule has 0 saturated heterocycles. The maximum absolute atomic E-state index is 12.1. The van der Waals surface area contributed by atoms with Crippen LogP contribution < -0.4 is 0 Å². The molecule has 0 amide bonds. The van der Waals surface area contributed by atoms with Gasteiger partial charge in [0, 0.05) is 5.92 Å². The number of halogens is 1. The summed E-state index contributed by atoms with van der Waals surface area (Å²) >= 11 is 2.20. The average Bonchev–Trinajstić information content (AvgIpc) is 2.99. The van der Waals surface area contributed by atoms with Gasteiger partial charge in [-0.2, -0.15) is 0 Å². The Bertz CT molecular complexity index is 318. The lowest BCUT2D eigenvalue weighted by atomic mass is 9.75. The summed E-state index contributed by atoms with van der Waals surface area (Å²) in [4.78, 5) is 12.1. The molecule has 2 rings (SSSR count). The van der Waals surface area contributed by atoms with Crippen molar-refractivity contribution in [1.82, 2.24) is 0 Å². The Balaban J connectivity index is 2.04. The predicted molar refractivity (Wildman–Crippen MR) is 81.8 cm³/mol. The Hall–Kier alpha value is 0.200. The van der Waals surface area contributed by atoms with E-state index in [1.807, 2.05) is 6.92 Å². The molecule has 0 radical (unpaired) electrons. The minimum atomic E-state index is -0.227. The molecule has 18 heavy (non-hydrogen) atoms. The molecule has 104 valence electrons. The van der Waals surface area contributed by atoms with Crippen LogP contribution in [0.15, 0.2) is 0 Å². The third kappa shape index (κ3) is 2.70. The van der Waals surface area contributed by atoms with Crippen LogP contribution in [0.3, 0.4) is 0 Å². The van der Waals surface area contributed by atoms with Crippen molar-refractivity contribution in [3.8, 4) is 0 Å². The number of hydrogen-bond acceptors (Lipinski definition) is 2. The molecule has 2 aliphatic carbocycles. The van der Waals surface area contributed by atoms with E-state index in [0.29, 0.717) is 5.92 Å². The number of carbonyl (C=O) groups is 1. The van der Waals surface area contributed by atoms with Crippen LogP contribution in [0.25, 0.3) is 0 Å². The molecule has 5 atom stereocenters. The van der Waals surface area contributed by atoms with Gasteiger partial charge in [0.15, 0.2) is 0 Å². The molecule has 5 unspecified atom stereocenters. The smallest absolute Gasteiger partial charge is 0.319 e. The van der Waals surface area contributed by atoms with Gasteiger partial charge in [-0.1, -0.05) is 42.9 Å². The molecule has 0 aromatic carbocycles. The van der Waals surface area contributed by atoms with E-state index >= 15 is 0 Å². The Morgan fingerprint density at radius 3 is 2.56 bits per heavy atom. The number of alkyl halides is 1. The van der Waals surface area contributed by atoms with Crippen LogP contribution in [0.5, 0.6) is 0 Å². The first-order chi connectivity index (χ1) is 8.50. The molecule has 0 aliphatic heterocycles. The van der Waals surface area contributed by atoms with Crippen molar-refractivity contribution in [2.45, 2.75) is 68.8 Å². The summed E-state index contributed by atoms with van der Waals surface area (Å²) in [6.45, 7) is 6.36. The lowest BCUT2D eigenvalue weighted by Crippen LogP contribution is -2.43. The molecule has 0 spiro atoms. The van der Waals surface area contributed by atoms with Gasteiger partial charge in [0.25, 0.3) is 0 Å². The summed E-state index contributed by atoms with van der Waals surface area (Å²) in [5.41, 5.74) is -0.227. The number of ether oxygens (including phenoxy) is 1. The first-order valence-electron chi connectivity index (χ1n) is 7.37. The van der Waals surface area contributed by atoms with Crippen molar-refractivity contribution in [3.05, 3.63) is 0 Å². The zero-order valence-corrected chi connectivity index (χ0v) is 13.9. The van der Waals surface area contributed by atoms with Crippen molar-refractivity contribution in [2.24, 2.45) is 17.8 Å². The topological polar surface area (TPSA) is 26.3 Å². The van der Waals surface area contributed by atoms with E-state index in [0.717, 1.165) is 24.7 Å².